The van der Waals surface area contributed by atoms with E-state index in [1.165, 1.54) is 0 Å². The zero-order chi connectivity index (χ0) is 17.1. The van der Waals surface area contributed by atoms with Gasteiger partial charge in [-0.25, -0.2) is 4.98 Å². The van der Waals surface area contributed by atoms with Crippen LogP contribution in [-0.4, -0.2) is 9.97 Å². The number of nitrogens with zero attached hydrogens (tertiary/aromatic N) is 2. The molecule has 0 bridgehead atoms. The second-order valence-electron chi connectivity index (χ2n) is 5.48. The SMILES string of the molecule is [2H]c1nc(-c2ccccc2)c(-c2ccccc2)nc1-c1ccccc1. The smallest absolute Gasteiger partial charge is 0.0972 e. The molecule has 24 heavy (non-hydrogen) atoms. The van der Waals surface area contributed by atoms with Gasteiger partial charge in [0.1, 0.15) is 0 Å². The average molecular weight is 309 g/mol. The third kappa shape index (κ3) is 2.82. The zero-order valence-corrected chi connectivity index (χ0v) is 13.1. The summed E-state index contributed by atoms with van der Waals surface area (Å²) in [4.78, 5) is 9.44. The van der Waals surface area contributed by atoms with E-state index in [0.717, 1.165) is 28.1 Å². The van der Waals surface area contributed by atoms with E-state index in [9.17, 15) is 0 Å². The summed E-state index contributed by atoms with van der Waals surface area (Å²) in [5.41, 5.74) is 4.97. The number of hydrogen-bond donors (Lipinski definition) is 0. The first kappa shape index (κ1) is 13.2. The molecule has 0 aliphatic carbocycles. The Labute approximate surface area is 142 Å². The van der Waals surface area contributed by atoms with Crippen LogP contribution in [0.3, 0.4) is 0 Å². The normalized spacial score (nSPS) is 11.1. The molecule has 0 spiro atoms. The first-order valence-electron chi connectivity index (χ1n) is 8.38. The van der Waals surface area contributed by atoms with Crippen molar-refractivity contribution in [2.75, 3.05) is 0 Å². The number of benzene rings is 3. The maximum atomic E-state index is 8.38. The Balaban J connectivity index is 1.98. The Morgan fingerprint density at radius 3 is 1.54 bits per heavy atom. The van der Waals surface area contributed by atoms with E-state index in [1.807, 2.05) is 91.0 Å². The lowest BCUT2D eigenvalue weighted by atomic mass is 10.0. The van der Waals surface area contributed by atoms with Crippen LogP contribution in [0.2, 0.25) is 0 Å². The third-order valence-corrected chi connectivity index (χ3v) is 3.86. The van der Waals surface area contributed by atoms with E-state index in [1.54, 1.807) is 0 Å². The second kappa shape index (κ2) is 6.47. The van der Waals surface area contributed by atoms with Crippen molar-refractivity contribution < 1.29 is 1.37 Å². The Bertz CT molecular complexity index is 984. The number of rotatable bonds is 3. The van der Waals surface area contributed by atoms with Gasteiger partial charge in [-0.3, -0.25) is 4.98 Å². The van der Waals surface area contributed by atoms with E-state index in [-0.39, 0.29) is 6.17 Å². The molecule has 0 aliphatic rings. The van der Waals surface area contributed by atoms with Crippen LogP contribution >= 0.6 is 0 Å². The van der Waals surface area contributed by atoms with Gasteiger partial charge in [-0.2, -0.15) is 0 Å². The van der Waals surface area contributed by atoms with Crippen LogP contribution in [0, 0.1) is 0 Å². The van der Waals surface area contributed by atoms with Crippen molar-refractivity contribution in [3.63, 3.8) is 0 Å². The predicted molar refractivity (Wildman–Crippen MR) is 98.3 cm³/mol. The number of hydrogen-bond acceptors (Lipinski definition) is 2. The summed E-state index contributed by atoms with van der Waals surface area (Å²) in [5.74, 6) is 0. The molecule has 1 heterocycles. The first-order valence-corrected chi connectivity index (χ1v) is 7.88. The van der Waals surface area contributed by atoms with Gasteiger partial charge in [-0.15, -0.1) is 0 Å². The molecule has 0 atom stereocenters. The van der Waals surface area contributed by atoms with Gasteiger partial charge in [-0.1, -0.05) is 91.0 Å². The predicted octanol–water partition coefficient (Wildman–Crippen LogP) is 5.48. The number of aromatic nitrogens is 2. The van der Waals surface area contributed by atoms with Crippen molar-refractivity contribution in [1.82, 2.24) is 9.97 Å². The maximum absolute atomic E-state index is 8.38. The molecule has 2 heteroatoms. The van der Waals surface area contributed by atoms with Gasteiger partial charge in [0.05, 0.1) is 24.6 Å². The lowest BCUT2D eigenvalue weighted by Crippen LogP contribution is -1.95. The summed E-state index contributed by atoms with van der Waals surface area (Å²) >= 11 is 0. The summed E-state index contributed by atoms with van der Waals surface area (Å²) < 4.78 is 8.38. The van der Waals surface area contributed by atoms with Crippen LogP contribution in [0.25, 0.3) is 33.8 Å². The molecule has 4 rings (SSSR count). The molecule has 0 fully saturated rings. The van der Waals surface area contributed by atoms with Gasteiger partial charge >= 0.3 is 0 Å². The van der Waals surface area contributed by atoms with Crippen molar-refractivity contribution >= 4 is 0 Å². The Kier molecular flexibility index (Phi) is 3.56. The first-order chi connectivity index (χ1) is 12.3. The molecule has 3 aromatic carbocycles. The Morgan fingerprint density at radius 1 is 0.542 bits per heavy atom. The van der Waals surface area contributed by atoms with Crippen LogP contribution < -0.4 is 0 Å². The van der Waals surface area contributed by atoms with Crippen LogP contribution in [0.4, 0.5) is 0 Å². The molecule has 0 amide bonds. The van der Waals surface area contributed by atoms with E-state index in [4.69, 9.17) is 6.35 Å². The van der Waals surface area contributed by atoms with Gasteiger partial charge < -0.3 is 0 Å². The van der Waals surface area contributed by atoms with Gasteiger partial charge in [0.25, 0.3) is 0 Å². The second-order valence-corrected chi connectivity index (χ2v) is 5.48. The standard InChI is InChI=1S/C22H16N2/c1-4-10-17(11-5-1)20-16-23-21(18-12-6-2-7-13-18)22(24-20)19-14-8-3-9-15-19/h1-16H/i16D. The van der Waals surface area contributed by atoms with Gasteiger partial charge in [-0.05, 0) is 0 Å². The van der Waals surface area contributed by atoms with Crippen LogP contribution in [0.5, 0.6) is 0 Å². The molecule has 0 unspecified atom stereocenters. The van der Waals surface area contributed by atoms with Crippen LogP contribution in [-0.2, 0) is 0 Å². The third-order valence-electron chi connectivity index (χ3n) is 3.86. The van der Waals surface area contributed by atoms with E-state index in [0.29, 0.717) is 5.69 Å². The van der Waals surface area contributed by atoms with Gasteiger partial charge in [0, 0.05) is 16.7 Å². The Morgan fingerprint density at radius 2 is 1.00 bits per heavy atom. The molecule has 0 saturated heterocycles. The average Bonchev–Trinajstić information content (AvgIpc) is 2.70. The molecule has 0 aliphatic heterocycles. The highest BCUT2D eigenvalue weighted by Gasteiger charge is 2.12. The Hall–Kier alpha value is -3.26. The quantitative estimate of drug-likeness (QED) is 0.501. The van der Waals surface area contributed by atoms with Crippen molar-refractivity contribution in [2.24, 2.45) is 0 Å². The highest BCUT2D eigenvalue weighted by molar-refractivity contribution is 5.79. The topological polar surface area (TPSA) is 25.8 Å². The van der Waals surface area contributed by atoms with E-state index < -0.39 is 0 Å². The largest absolute Gasteiger partial charge is 0.252 e. The highest BCUT2D eigenvalue weighted by Crippen LogP contribution is 2.30. The van der Waals surface area contributed by atoms with E-state index >= 15 is 0 Å². The highest BCUT2D eigenvalue weighted by atomic mass is 14.8. The maximum Gasteiger partial charge on any atom is 0.0972 e. The van der Waals surface area contributed by atoms with Crippen LogP contribution in [0.1, 0.15) is 1.37 Å². The van der Waals surface area contributed by atoms with Gasteiger partial charge in [0.2, 0.25) is 0 Å². The van der Waals surface area contributed by atoms with Crippen molar-refractivity contribution in [3.8, 4) is 33.8 Å². The molecule has 0 N–H and O–H groups in total. The molecular weight excluding hydrogens is 292 g/mol. The summed E-state index contributed by atoms with van der Waals surface area (Å²) in [6, 6.07) is 29.7. The molecule has 2 nitrogen and oxygen atoms in total. The zero-order valence-electron chi connectivity index (χ0n) is 14.1. The summed E-state index contributed by atoms with van der Waals surface area (Å²) in [6.45, 7) is 0. The fraction of sp³-hybridized carbons (Fsp3) is 0. The summed E-state index contributed by atoms with van der Waals surface area (Å²) in [6.07, 6.45) is 0.185. The molecule has 0 saturated carbocycles. The summed E-state index contributed by atoms with van der Waals surface area (Å²) in [5, 5.41) is 0. The van der Waals surface area contributed by atoms with Crippen molar-refractivity contribution in [3.05, 3.63) is 97.2 Å². The minimum Gasteiger partial charge on any atom is -0.252 e. The van der Waals surface area contributed by atoms with Gasteiger partial charge in [0.15, 0.2) is 0 Å². The van der Waals surface area contributed by atoms with Crippen molar-refractivity contribution in [1.29, 1.82) is 0 Å². The lowest BCUT2D eigenvalue weighted by molar-refractivity contribution is 1.21. The van der Waals surface area contributed by atoms with Crippen molar-refractivity contribution in [2.45, 2.75) is 0 Å². The fourth-order valence-corrected chi connectivity index (χ4v) is 2.67. The molecule has 4 aromatic rings. The van der Waals surface area contributed by atoms with E-state index in [2.05, 4.69) is 4.98 Å². The minimum atomic E-state index is 0.185. The molecule has 114 valence electrons. The monoisotopic (exact) mass is 309 g/mol. The molecular formula is C22H16N2. The lowest BCUT2D eigenvalue weighted by Gasteiger charge is -2.11. The minimum absolute atomic E-state index is 0.185. The fourth-order valence-electron chi connectivity index (χ4n) is 2.67. The van der Waals surface area contributed by atoms with Crippen LogP contribution in [0.15, 0.2) is 97.2 Å². The summed E-state index contributed by atoms with van der Waals surface area (Å²) in [7, 11) is 0. The molecule has 0 radical (unpaired) electrons. The molecule has 1 aromatic heterocycles.